The van der Waals surface area contributed by atoms with Crippen molar-refractivity contribution < 1.29 is 9.53 Å². The van der Waals surface area contributed by atoms with E-state index in [0.717, 1.165) is 42.9 Å². The van der Waals surface area contributed by atoms with E-state index in [2.05, 4.69) is 5.32 Å². The molecule has 0 fully saturated rings. The van der Waals surface area contributed by atoms with Gasteiger partial charge in [-0.3, -0.25) is 4.90 Å². The van der Waals surface area contributed by atoms with Crippen LogP contribution in [-0.2, 0) is 6.42 Å². The fraction of sp³-hybridized carbons (Fsp3) is 0.278. The number of methoxy groups -OCH3 is 1. The normalized spacial score (nSPS) is 14.0. The van der Waals surface area contributed by atoms with E-state index in [1.165, 1.54) is 5.56 Å². The van der Waals surface area contributed by atoms with Crippen molar-refractivity contribution in [2.75, 3.05) is 23.9 Å². The highest BCUT2D eigenvalue weighted by Crippen LogP contribution is 2.30. The second-order valence-corrected chi connectivity index (χ2v) is 5.40. The fourth-order valence-corrected chi connectivity index (χ4v) is 2.78. The molecule has 0 bridgehead atoms. The summed E-state index contributed by atoms with van der Waals surface area (Å²) in [5, 5.41) is 2.96. The Morgan fingerprint density at radius 1 is 1.14 bits per heavy atom. The Balaban J connectivity index is 1.86. The lowest BCUT2D eigenvalue weighted by molar-refractivity contribution is 0.257. The summed E-state index contributed by atoms with van der Waals surface area (Å²) >= 11 is 0. The summed E-state index contributed by atoms with van der Waals surface area (Å²) in [4.78, 5) is 14.4. The van der Waals surface area contributed by atoms with E-state index in [4.69, 9.17) is 4.74 Å². The second kappa shape index (κ2) is 6.52. The standard InChI is InChI=1S/C18H20N2O2/c1-22-16-10-11-17-14(13-16)7-5-6-12-20(17)18(21)19-15-8-3-2-4-9-15/h2-4,8-11,13H,5-7,12H2,1H3,(H,19,21). The SMILES string of the molecule is COc1ccc2c(c1)CCCCN2C(=O)Nc1ccccc1. The van der Waals surface area contributed by atoms with Crippen LogP contribution in [0.25, 0.3) is 0 Å². The van der Waals surface area contributed by atoms with E-state index in [1.54, 1.807) is 7.11 Å². The van der Waals surface area contributed by atoms with Gasteiger partial charge >= 0.3 is 6.03 Å². The molecule has 4 nitrogen and oxygen atoms in total. The van der Waals surface area contributed by atoms with E-state index < -0.39 is 0 Å². The number of carbonyl (C=O) groups excluding carboxylic acids is 1. The zero-order valence-electron chi connectivity index (χ0n) is 12.7. The van der Waals surface area contributed by atoms with E-state index in [0.29, 0.717) is 0 Å². The summed E-state index contributed by atoms with van der Waals surface area (Å²) in [5.41, 5.74) is 2.96. The molecule has 1 aliphatic rings. The van der Waals surface area contributed by atoms with Crippen LogP contribution in [0.3, 0.4) is 0 Å². The lowest BCUT2D eigenvalue weighted by Crippen LogP contribution is -2.35. The molecule has 4 heteroatoms. The fourth-order valence-electron chi connectivity index (χ4n) is 2.78. The van der Waals surface area contributed by atoms with Crippen LogP contribution in [0.1, 0.15) is 18.4 Å². The number of rotatable bonds is 2. The number of aryl methyl sites for hydroxylation is 1. The predicted octanol–water partition coefficient (Wildman–Crippen LogP) is 4.07. The first-order valence-electron chi connectivity index (χ1n) is 7.58. The Bertz CT molecular complexity index is 655. The number of hydrogen-bond donors (Lipinski definition) is 1. The van der Waals surface area contributed by atoms with E-state index in [1.807, 2.05) is 53.4 Å². The summed E-state index contributed by atoms with van der Waals surface area (Å²) in [6.07, 6.45) is 3.05. The van der Waals surface area contributed by atoms with Gasteiger partial charge in [-0.15, -0.1) is 0 Å². The molecule has 0 spiro atoms. The number of benzene rings is 2. The van der Waals surface area contributed by atoms with Gasteiger partial charge in [0.05, 0.1) is 7.11 Å². The average Bonchev–Trinajstić information content (AvgIpc) is 2.77. The second-order valence-electron chi connectivity index (χ2n) is 5.40. The first-order chi connectivity index (χ1) is 10.8. The Kier molecular flexibility index (Phi) is 4.28. The van der Waals surface area contributed by atoms with Gasteiger partial charge in [0.15, 0.2) is 0 Å². The third-order valence-corrected chi connectivity index (χ3v) is 3.93. The van der Waals surface area contributed by atoms with Crippen LogP contribution in [0.2, 0.25) is 0 Å². The van der Waals surface area contributed by atoms with Gasteiger partial charge < -0.3 is 10.1 Å². The Labute approximate surface area is 130 Å². The first kappa shape index (κ1) is 14.4. The molecule has 2 aromatic carbocycles. The molecule has 0 atom stereocenters. The number of amides is 2. The minimum absolute atomic E-state index is 0.0838. The average molecular weight is 296 g/mol. The van der Waals surface area contributed by atoms with Gasteiger partial charge in [0.1, 0.15) is 5.75 Å². The molecule has 1 aliphatic heterocycles. The molecular formula is C18H20N2O2. The Morgan fingerprint density at radius 3 is 2.73 bits per heavy atom. The molecule has 0 aliphatic carbocycles. The Morgan fingerprint density at radius 2 is 1.95 bits per heavy atom. The lowest BCUT2D eigenvalue weighted by Gasteiger charge is -2.23. The van der Waals surface area contributed by atoms with Crippen molar-refractivity contribution in [1.82, 2.24) is 0 Å². The van der Waals surface area contributed by atoms with Crippen molar-refractivity contribution in [3.63, 3.8) is 0 Å². The third kappa shape index (κ3) is 3.06. The molecule has 0 radical (unpaired) electrons. The number of urea groups is 1. The van der Waals surface area contributed by atoms with Crippen molar-refractivity contribution in [3.05, 3.63) is 54.1 Å². The van der Waals surface area contributed by atoms with Gasteiger partial charge in [-0.05, 0) is 55.2 Å². The summed E-state index contributed by atoms with van der Waals surface area (Å²) in [5.74, 6) is 0.837. The highest BCUT2D eigenvalue weighted by atomic mass is 16.5. The maximum absolute atomic E-state index is 12.6. The molecule has 0 saturated heterocycles. The van der Waals surface area contributed by atoms with Crippen LogP contribution in [0.5, 0.6) is 5.75 Å². The number of fused-ring (bicyclic) bond motifs is 1. The summed E-state index contributed by atoms with van der Waals surface area (Å²) < 4.78 is 5.29. The van der Waals surface area contributed by atoms with E-state index in [9.17, 15) is 4.79 Å². The highest BCUT2D eigenvalue weighted by Gasteiger charge is 2.21. The van der Waals surface area contributed by atoms with Gasteiger partial charge in [-0.2, -0.15) is 0 Å². The van der Waals surface area contributed by atoms with Crippen LogP contribution in [-0.4, -0.2) is 19.7 Å². The van der Waals surface area contributed by atoms with Crippen LogP contribution < -0.4 is 15.0 Å². The van der Waals surface area contributed by atoms with Gasteiger partial charge in [0.2, 0.25) is 0 Å². The number of ether oxygens (including phenoxy) is 1. The zero-order valence-corrected chi connectivity index (χ0v) is 12.7. The third-order valence-electron chi connectivity index (χ3n) is 3.93. The maximum atomic E-state index is 12.6. The predicted molar refractivity (Wildman–Crippen MR) is 88.7 cm³/mol. The highest BCUT2D eigenvalue weighted by molar-refractivity contribution is 6.02. The molecule has 1 heterocycles. The smallest absolute Gasteiger partial charge is 0.326 e. The quantitative estimate of drug-likeness (QED) is 0.907. The molecule has 3 rings (SSSR count). The van der Waals surface area contributed by atoms with Crippen molar-refractivity contribution in [2.45, 2.75) is 19.3 Å². The van der Waals surface area contributed by atoms with Gasteiger partial charge in [0.25, 0.3) is 0 Å². The molecular weight excluding hydrogens is 276 g/mol. The first-order valence-corrected chi connectivity index (χ1v) is 7.58. The van der Waals surface area contributed by atoms with Crippen molar-refractivity contribution in [3.8, 4) is 5.75 Å². The maximum Gasteiger partial charge on any atom is 0.326 e. The van der Waals surface area contributed by atoms with Crippen molar-refractivity contribution in [1.29, 1.82) is 0 Å². The van der Waals surface area contributed by atoms with Crippen LogP contribution >= 0.6 is 0 Å². The molecule has 2 amide bonds. The van der Waals surface area contributed by atoms with E-state index in [-0.39, 0.29) is 6.03 Å². The molecule has 1 N–H and O–H groups in total. The molecule has 114 valence electrons. The van der Waals surface area contributed by atoms with E-state index >= 15 is 0 Å². The van der Waals surface area contributed by atoms with Gasteiger partial charge in [-0.25, -0.2) is 4.79 Å². The molecule has 22 heavy (non-hydrogen) atoms. The summed E-state index contributed by atoms with van der Waals surface area (Å²) in [6.45, 7) is 0.734. The molecule has 2 aromatic rings. The van der Waals surface area contributed by atoms with Crippen molar-refractivity contribution >= 4 is 17.4 Å². The zero-order chi connectivity index (χ0) is 15.4. The lowest BCUT2D eigenvalue weighted by atomic mass is 10.1. The number of nitrogens with zero attached hydrogens (tertiary/aromatic N) is 1. The van der Waals surface area contributed by atoms with Gasteiger partial charge in [-0.1, -0.05) is 18.2 Å². The molecule has 0 saturated carbocycles. The minimum atomic E-state index is -0.0838. The monoisotopic (exact) mass is 296 g/mol. The van der Waals surface area contributed by atoms with Crippen LogP contribution in [0, 0.1) is 0 Å². The number of nitrogens with one attached hydrogen (secondary N) is 1. The number of para-hydroxylation sites is 1. The Hall–Kier alpha value is -2.49. The van der Waals surface area contributed by atoms with Crippen LogP contribution in [0.15, 0.2) is 48.5 Å². The molecule has 0 unspecified atom stereocenters. The van der Waals surface area contributed by atoms with Crippen molar-refractivity contribution in [2.24, 2.45) is 0 Å². The summed E-state index contributed by atoms with van der Waals surface area (Å²) in [6, 6.07) is 15.4. The number of anilines is 2. The minimum Gasteiger partial charge on any atom is -0.497 e. The molecule has 0 aromatic heterocycles. The van der Waals surface area contributed by atoms with Crippen LogP contribution in [0.4, 0.5) is 16.2 Å². The largest absolute Gasteiger partial charge is 0.497 e. The number of carbonyl (C=O) groups is 1. The van der Waals surface area contributed by atoms with Gasteiger partial charge in [0, 0.05) is 17.9 Å². The summed E-state index contributed by atoms with van der Waals surface area (Å²) in [7, 11) is 1.66. The topological polar surface area (TPSA) is 41.6 Å². The number of hydrogen-bond acceptors (Lipinski definition) is 2.